The first kappa shape index (κ1) is 29.4. The SMILES string of the molecule is c1ccc2cc(-c3ccc4oc5cc6c(cc5c4c3)oc3ccc(-c4ccc(-c5cc7ccccc7c7ccccc57)c5ccccc45)cc36)ccc2c1. The Morgan fingerprint density at radius 2 is 0.704 bits per heavy atom. The molecular weight excluding hydrogens is 657 g/mol. The van der Waals surface area contributed by atoms with Gasteiger partial charge in [0, 0.05) is 21.5 Å². The molecule has 54 heavy (non-hydrogen) atoms. The average Bonchev–Trinajstić information content (AvgIpc) is 3.78. The summed E-state index contributed by atoms with van der Waals surface area (Å²) in [5.41, 5.74) is 10.7. The highest BCUT2D eigenvalue weighted by molar-refractivity contribution is 6.19. The third kappa shape index (κ3) is 4.34. The summed E-state index contributed by atoms with van der Waals surface area (Å²) in [6.45, 7) is 0. The van der Waals surface area contributed by atoms with Crippen LogP contribution < -0.4 is 0 Å². The van der Waals surface area contributed by atoms with Crippen LogP contribution in [0.15, 0.2) is 191 Å². The van der Waals surface area contributed by atoms with Crippen molar-refractivity contribution in [2.24, 2.45) is 0 Å². The first-order valence-corrected chi connectivity index (χ1v) is 18.5. The zero-order valence-corrected chi connectivity index (χ0v) is 29.1. The molecule has 0 aliphatic carbocycles. The molecule has 10 aromatic carbocycles. The molecule has 0 saturated carbocycles. The molecule has 12 aromatic rings. The summed E-state index contributed by atoms with van der Waals surface area (Å²) < 4.78 is 13.0. The van der Waals surface area contributed by atoms with Crippen LogP contribution in [0.25, 0.3) is 120 Å². The standard InChI is InChI=1S/C52H30O2/c1-2-10-32-25-33(18-17-31(32)9-1)34-19-23-49-45(26-34)47-29-52-48(30-51(47)53-49)46-28-36(20-24-50(46)54-52)38-21-22-43(41-15-7-5-14-40(38)41)44-27-35-11-3-4-12-37(35)39-13-6-8-16-42(39)44/h1-30H. The van der Waals surface area contributed by atoms with E-state index in [9.17, 15) is 0 Å². The Labute approximate surface area is 310 Å². The van der Waals surface area contributed by atoms with Gasteiger partial charge in [-0.15, -0.1) is 0 Å². The van der Waals surface area contributed by atoms with E-state index < -0.39 is 0 Å². The minimum Gasteiger partial charge on any atom is -0.456 e. The van der Waals surface area contributed by atoms with Crippen molar-refractivity contribution in [3.8, 4) is 33.4 Å². The Bertz CT molecular complexity index is 3510. The first-order valence-electron chi connectivity index (χ1n) is 18.5. The maximum Gasteiger partial charge on any atom is 0.136 e. The van der Waals surface area contributed by atoms with Gasteiger partial charge < -0.3 is 8.83 Å². The summed E-state index contributed by atoms with van der Waals surface area (Å²) in [4.78, 5) is 0. The van der Waals surface area contributed by atoms with Gasteiger partial charge in [-0.1, -0.05) is 133 Å². The Morgan fingerprint density at radius 3 is 1.43 bits per heavy atom. The molecule has 250 valence electrons. The van der Waals surface area contributed by atoms with Crippen molar-refractivity contribution in [3.05, 3.63) is 182 Å². The van der Waals surface area contributed by atoms with Crippen molar-refractivity contribution in [2.45, 2.75) is 0 Å². The molecule has 0 unspecified atom stereocenters. The van der Waals surface area contributed by atoms with Gasteiger partial charge in [0.15, 0.2) is 0 Å². The smallest absolute Gasteiger partial charge is 0.136 e. The van der Waals surface area contributed by atoms with Crippen molar-refractivity contribution in [3.63, 3.8) is 0 Å². The van der Waals surface area contributed by atoms with E-state index in [4.69, 9.17) is 8.83 Å². The number of benzene rings is 10. The van der Waals surface area contributed by atoms with Crippen LogP contribution in [0.1, 0.15) is 0 Å². The van der Waals surface area contributed by atoms with E-state index in [1.165, 1.54) is 65.3 Å². The highest BCUT2D eigenvalue weighted by Crippen LogP contribution is 2.43. The van der Waals surface area contributed by atoms with E-state index in [0.29, 0.717) is 0 Å². The number of hydrogen-bond acceptors (Lipinski definition) is 2. The van der Waals surface area contributed by atoms with Crippen LogP contribution in [0.4, 0.5) is 0 Å². The van der Waals surface area contributed by atoms with Gasteiger partial charge >= 0.3 is 0 Å². The number of hydrogen-bond donors (Lipinski definition) is 0. The van der Waals surface area contributed by atoms with Crippen LogP contribution >= 0.6 is 0 Å². The fourth-order valence-corrected chi connectivity index (χ4v) is 8.82. The van der Waals surface area contributed by atoms with Crippen LogP contribution in [-0.4, -0.2) is 0 Å². The molecule has 0 aliphatic heterocycles. The molecule has 2 heteroatoms. The summed E-state index contributed by atoms with van der Waals surface area (Å²) in [5.74, 6) is 0. The van der Waals surface area contributed by atoms with Crippen molar-refractivity contribution < 1.29 is 8.83 Å². The van der Waals surface area contributed by atoms with Gasteiger partial charge in [0.25, 0.3) is 0 Å². The molecule has 0 amide bonds. The van der Waals surface area contributed by atoms with E-state index in [2.05, 4.69) is 182 Å². The predicted molar refractivity (Wildman–Crippen MR) is 227 cm³/mol. The van der Waals surface area contributed by atoms with E-state index in [1.807, 2.05) is 0 Å². The topological polar surface area (TPSA) is 26.3 Å². The normalized spacial score (nSPS) is 12.1. The first-order chi connectivity index (χ1) is 26.7. The minimum atomic E-state index is 0.858. The summed E-state index contributed by atoms with van der Waals surface area (Å²) in [6, 6.07) is 65.7. The van der Waals surface area contributed by atoms with Gasteiger partial charge in [0.05, 0.1) is 0 Å². The van der Waals surface area contributed by atoms with Gasteiger partial charge in [0.1, 0.15) is 22.3 Å². The maximum atomic E-state index is 6.53. The largest absolute Gasteiger partial charge is 0.456 e. The van der Waals surface area contributed by atoms with Crippen molar-refractivity contribution in [1.82, 2.24) is 0 Å². The molecule has 0 saturated heterocycles. The highest BCUT2D eigenvalue weighted by atomic mass is 16.3. The fourth-order valence-electron chi connectivity index (χ4n) is 8.82. The van der Waals surface area contributed by atoms with Gasteiger partial charge in [0.2, 0.25) is 0 Å². The van der Waals surface area contributed by atoms with Crippen LogP contribution in [0, 0.1) is 0 Å². The fraction of sp³-hybridized carbons (Fsp3) is 0. The van der Waals surface area contributed by atoms with Crippen LogP contribution in [0.2, 0.25) is 0 Å². The Kier molecular flexibility index (Phi) is 6.09. The second-order valence-corrected chi connectivity index (χ2v) is 14.4. The Balaban J connectivity index is 0.996. The Hall–Kier alpha value is -7.16. The zero-order chi connectivity index (χ0) is 35.3. The third-order valence-electron chi connectivity index (χ3n) is 11.4. The number of rotatable bonds is 3. The quantitative estimate of drug-likeness (QED) is 0.173. The maximum absolute atomic E-state index is 6.53. The average molecular weight is 687 g/mol. The molecule has 0 spiro atoms. The van der Waals surface area contributed by atoms with Crippen molar-refractivity contribution in [1.29, 1.82) is 0 Å². The summed E-state index contributed by atoms with van der Waals surface area (Å²) in [6.07, 6.45) is 0. The summed E-state index contributed by atoms with van der Waals surface area (Å²) in [5, 5.41) is 14.3. The van der Waals surface area contributed by atoms with Crippen molar-refractivity contribution >= 4 is 87.0 Å². The molecule has 0 bridgehead atoms. The summed E-state index contributed by atoms with van der Waals surface area (Å²) in [7, 11) is 0. The van der Waals surface area contributed by atoms with Crippen LogP contribution in [-0.2, 0) is 0 Å². The van der Waals surface area contributed by atoms with E-state index in [-0.39, 0.29) is 0 Å². The molecule has 0 atom stereocenters. The third-order valence-corrected chi connectivity index (χ3v) is 11.4. The lowest BCUT2D eigenvalue weighted by Gasteiger charge is -2.15. The lowest BCUT2D eigenvalue weighted by atomic mass is 9.88. The molecule has 2 nitrogen and oxygen atoms in total. The molecule has 0 fully saturated rings. The van der Waals surface area contributed by atoms with E-state index in [0.717, 1.165) is 55.0 Å². The predicted octanol–water partition coefficient (Wildman–Crippen LogP) is 15.1. The van der Waals surface area contributed by atoms with Crippen molar-refractivity contribution in [2.75, 3.05) is 0 Å². The van der Waals surface area contributed by atoms with Crippen LogP contribution in [0.3, 0.4) is 0 Å². The number of furan rings is 2. The molecular formula is C52H30O2. The molecule has 0 aliphatic rings. The van der Waals surface area contributed by atoms with E-state index in [1.54, 1.807) is 0 Å². The van der Waals surface area contributed by atoms with E-state index >= 15 is 0 Å². The molecule has 12 rings (SSSR count). The molecule has 0 N–H and O–H groups in total. The van der Waals surface area contributed by atoms with Gasteiger partial charge in [-0.2, -0.15) is 0 Å². The molecule has 0 radical (unpaired) electrons. The van der Waals surface area contributed by atoms with Gasteiger partial charge in [-0.05, 0) is 125 Å². The zero-order valence-electron chi connectivity index (χ0n) is 29.1. The highest BCUT2D eigenvalue weighted by Gasteiger charge is 2.17. The Morgan fingerprint density at radius 1 is 0.222 bits per heavy atom. The molecule has 2 heterocycles. The molecule has 2 aromatic heterocycles. The second kappa shape index (κ2) is 11.2. The monoisotopic (exact) mass is 686 g/mol. The lowest BCUT2D eigenvalue weighted by Crippen LogP contribution is -1.88. The van der Waals surface area contributed by atoms with Crippen LogP contribution in [0.5, 0.6) is 0 Å². The van der Waals surface area contributed by atoms with Gasteiger partial charge in [-0.3, -0.25) is 0 Å². The second-order valence-electron chi connectivity index (χ2n) is 14.4. The minimum absolute atomic E-state index is 0.858. The number of fused-ring (bicyclic) bond motifs is 11. The lowest BCUT2D eigenvalue weighted by molar-refractivity contribution is 0.664. The summed E-state index contributed by atoms with van der Waals surface area (Å²) >= 11 is 0. The van der Waals surface area contributed by atoms with Gasteiger partial charge in [-0.25, -0.2) is 0 Å².